The maximum atomic E-state index is 13.5. The number of anilines is 1. The highest BCUT2D eigenvalue weighted by Gasteiger charge is 2.33. The number of aryl methyl sites for hydroxylation is 1. The van der Waals surface area contributed by atoms with Gasteiger partial charge in [0.1, 0.15) is 15.8 Å². The first-order chi connectivity index (χ1) is 16.4. The molecule has 8 heteroatoms. The van der Waals surface area contributed by atoms with E-state index in [0.29, 0.717) is 38.7 Å². The highest BCUT2D eigenvalue weighted by atomic mass is 32.2. The normalized spacial score (nSPS) is 20.1. The van der Waals surface area contributed by atoms with Gasteiger partial charge in [-0.3, -0.25) is 18.9 Å². The van der Waals surface area contributed by atoms with Gasteiger partial charge in [-0.1, -0.05) is 66.8 Å². The summed E-state index contributed by atoms with van der Waals surface area (Å²) in [5.41, 5.74) is 3.04. The third kappa shape index (κ3) is 4.40. The highest BCUT2D eigenvalue weighted by molar-refractivity contribution is 8.26. The smallest absolute Gasteiger partial charge is 0.267 e. The van der Waals surface area contributed by atoms with Crippen molar-refractivity contribution >= 4 is 51.7 Å². The van der Waals surface area contributed by atoms with E-state index in [-0.39, 0.29) is 11.5 Å². The lowest BCUT2D eigenvalue weighted by molar-refractivity contribution is -0.122. The van der Waals surface area contributed by atoms with Crippen LogP contribution in [-0.4, -0.2) is 37.6 Å². The molecule has 4 heterocycles. The van der Waals surface area contributed by atoms with Gasteiger partial charge in [0, 0.05) is 19.3 Å². The molecule has 3 aromatic rings. The van der Waals surface area contributed by atoms with E-state index in [2.05, 4.69) is 11.8 Å². The average Bonchev–Trinajstić information content (AvgIpc) is 3.09. The van der Waals surface area contributed by atoms with Crippen LogP contribution < -0.4 is 10.5 Å². The van der Waals surface area contributed by atoms with Crippen molar-refractivity contribution in [3.05, 3.63) is 80.6 Å². The summed E-state index contributed by atoms with van der Waals surface area (Å²) in [5.74, 6) is 0.989. The van der Waals surface area contributed by atoms with Gasteiger partial charge in [-0.25, -0.2) is 4.98 Å². The molecule has 1 atom stereocenters. The number of carbonyl (C=O) groups is 1. The molecule has 0 spiro atoms. The number of aromatic nitrogens is 2. The Labute approximate surface area is 208 Å². The highest BCUT2D eigenvalue weighted by Crippen LogP contribution is 2.35. The average molecular weight is 491 g/mol. The Morgan fingerprint density at radius 3 is 2.74 bits per heavy atom. The largest absolute Gasteiger partial charge is 0.356 e. The summed E-state index contributed by atoms with van der Waals surface area (Å²) >= 11 is 6.78. The lowest BCUT2D eigenvalue weighted by Crippen LogP contribution is -2.37. The van der Waals surface area contributed by atoms with Gasteiger partial charge in [0.05, 0.1) is 17.0 Å². The molecular weight excluding hydrogens is 464 g/mol. The molecule has 0 unspecified atom stereocenters. The number of piperidine rings is 1. The van der Waals surface area contributed by atoms with Gasteiger partial charge >= 0.3 is 0 Å². The van der Waals surface area contributed by atoms with E-state index in [4.69, 9.17) is 17.2 Å². The van der Waals surface area contributed by atoms with E-state index in [9.17, 15) is 9.59 Å². The van der Waals surface area contributed by atoms with Gasteiger partial charge in [0.2, 0.25) is 0 Å². The SMILES string of the molecule is Cc1ccc(CN2C(=O)/C(=C\c3c(N4CCC[C@H](C)C4)nc4ccccn4c3=O)SC2=S)cc1. The Morgan fingerprint density at radius 1 is 1.18 bits per heavy atom. The van der Waals surface area contributed by atoms with Gasteiger partial charge < -0.3 is 4.90 Å². The summed E-state index contributed by atoms with van der Waals surface area (Å²) in [7, 11) is 0. The standard InChI is InChI=1S/C26H26N4O2S2/c1-17-8-10-19(11-9-17)16-30-25(32)21(34-26(30)33)14-20-23(28-12-5-6-18(2)15-28)27-22-7-3-4-13-29(22)24(20)31/h3-4,7-11,13-14,18H,5-6,12,15-16H2,1-2H3/b21-14+/t18-/m0/s1. The molecule has 2 aliphatic rings. The van der Waals surface area contributed by atoms with Crippen LogP contribution in [0.5, 0.6) is 0 Å². The number of nitrogens with zero attached hydrogens (tertiary/aromatic N) is 4. The zero-order valence-corrected chi connectivity index (χ0v) is 20.9. The van der Waals surface area contributed by atoms with Crippen molar-refractivity contribution in [1.82, 2.24) is 14.3 Å². The molecule has 0 saturated carbocycles. The second-order valence-electron chi connectivity index (χ2n) is 9.03. The first-order valence-electron chi connectivity index (χ1n) is 11.5. The number of thioether (sulfide) groups is 1. The van der Waals surface area contributed by atoms with Crippen LogP contribution in [0.15, 0.2) is 58.4 Å². The Balaban J connectivity index is 1.55. The van der Waals surface area contributed by atoms with E-state index < -0.39 is 0 Å². The predicted molar refractivity (Wildman–Crippen MR) is 142 cm³/mol. The number of carbonyl (C=O) groups excluding carboxylic acids is 1. The number of hydrogen-bond acceptors (Lipinski definition) is 6. The number of pyridine rings is 1. The van der Waals surface area contributed by atoms with E-state index in [1.165, 1.54) is 16.2 Å². The molecule has 0 bridgehead atoms. The molecule has 174 valence electrons. The minimum atomic E-state index is -0.178. The first kappa shape index (κ1) is 22.8. The summed E-state index contributed by atoms with van der Waals surface area (Å²) in [5, 5.41) is 0. The number of rotatable bonds is 4. The minimum Gasteiger partial charge on any atom is -0.356 e. The van der Waals surface area contributed by atoms with Crippen LogP contribution in [-0.2, 0) is 11.3 Å². The summed E-state index contributed by atoms with van der Waals surface area (Å²) in [6.07, 6.45) is 5.62. The predicted octanol–water partition coefficient (Wildman–Crippen LogP) is 4.64. The van der Waals surface area contributed by atoms with Crippen LogP contribution in [0.2, 0.25) is 0 Å². The minimum absolute atomic E-state index is 0.175. The number of benzene rings is 1. The van der Waals surface area contributed by atoms with Gasteiger partial charge in [-0.05, 0) is 49.5 Å². The molecule has 0 N–H and O–H groups in total. The monoisotopic (exact) mass is 490 g/mol. The van der Waals surface area contributed by atoms with Crippen molar-refractivity contribution in [3.8, 4) is 0 Å². The molecule has 1 aromatic carbocycles. The third-order valence-corrected chi connectivity index (χ3v) is 7.69. The van der Waals surface area contributed by atoms with Crippen molar-refractivity contribution in [1.29, 1.82) is 0 Å². The molecule has 2 aliphatic heterocycles. The van der Waals surface area contributed by atoms with E-state index >= 15 is 0 Å². The zero-order valence-electron chi connectivity index (χ0n) is 19.2. The second kappa shape index (κ2) is 9.35. The molecule has 2 fully saturated rings. The van der Waals surface area contributed by atoms with Crippen molar-refractivity contribution in [2.75, 3.05) is 18.0 Å². The Bertz CT molecular complexity index is 1360. The fourth-order valence-electron chi connectivity index (χ4n) is 4.48. The lowest BCUT2D eigenvalue weighted by atomic mass is 10.00. The van der Waals surface area contributed by atoms with E-state index in [1.807, 2.05) is 49.4 Å². The number of thiocarbonyl (C=S) groups is 1. The van der Waals surface area contributed by atoms with Crippen molar-refractivity contribution in [3.63, 3.8) is 0 Å². The summed E-state index contributed by atoms with van der Waals surface area (Å²) in [4.78, 5) is 35.9. The van der Waals surface area contributed by atoms with Crippen LogP contribution >= 0.6 is 24.0 Å². The zero-order chi connectivity index (χ0) is 23.8. The Kier molecular flexibility index (Phi) is 6.27. The molecule has 6 nitrogen and oxygen atoms in total. The molecule has 34 heavy (non-hydrogen) atoms. The maximum absolute atomic E-state index is 13.5. The van der Waals surface area contributed by atoms with Crippen molar-refractivity contribution in [2.24, 2.45) is 5.92 Å². The Morgan fingerprint density at radius 2 is 1.97 bits per heavy atom. The van der Waals surface area contributed by atoms with Crippen molar-refractivity contribution in [2.45, 2.75) is 33.2 Å². The molecule has 2 aromatic heterocycles. The van der Waals surface area contributed by atoms with Gasteiger partial charge in [-0.15, -0.1) is 0 Å². The van der Waals surface area contributed by atoms with Crippen LogP contribution in [0.25, 0.3) is 11.7 Å². The maximum Gasteiger partial charge on any atom is 0.267 e. The van der Waals surface area contributed by atoms with Crippen molar-refractivity contribution < 1.29 is 4.79 Å². The van der Waals surface area contributed by atoms with Crippen LogP contribution in [0.1, 0.15) is 36.5 Å². The quantitative estimate of drug-likeness (QED) is 0.392. The fraction of sp³-hybridized carbons (Fsp3) is 0.308. The fourth-order valence-corrected chi connectivity index (χ4v) is 5.72. The second-order valence-corrected chi connectivity index (χ2v) is 10.7. The first-order valence-corrected chi connectivity index (χ1v) is 12.7. The molecule has 5 rings (SSSR count). The van der Waals surface area contributed by atoms with Gasteiger partial charge in [-0.2, -0.15) is 0 Å². The summed E-state index contributed by atoms with van der Waals surface area (Å²) < 4.78 is 2.04. The molecule has 0 radical (unpaired) electrons. The van der Waals surface area contributed by atoms with Gasteiger partial charge in [0.15, 0.2) is 0 Å². The topological polar surface area (TPSA) is 57.9 Å². The van der Waals surface area contributed by atoms with Crippen LogP contribution in [0.4, 0.5) is 5.82 Å². The molecule has 1 amide bonds. The lowest BCUT2D eigenvalue weighted by Gasteiger charge is -2.32. The summed E-state index contributed by atoms with van der Waals surface area (Å²) in [6.45, 7) is 6.34. The molecular formula is C26H26N4O2S2. The molecule has 0 aliphatic carbocycles. The number of amides is 1. The van der Waals surface area contributed by atoms with E-state index in [0.717, 1.165) is 37.1 Å². The van der Waals surface area contributed by atoms with E-state index in [1.54, 1.807) is 17.2 Å². The number of hydrogen-bond donors (Lipinski definition) is 0. The van der Waals surface area contributed by atoms with Crippen LogP contribution in [0, 0.1) is 12.8 Å². The number of fused-ring (bicyclic) bond motifs is 1. The summed E-state index contributed by atoms with van der Waals surface area (Å²) in [6, 6.07) is 13.6. The molecule has 2 saturated heterocycles. The van der Waals surface area contributed by atoms with Gasteiger partial charge in [0.25, 0.3) is 11.5 Å². The van der Waals surface area contributed by atoms with Crippen LogP contribution in [0.3, 0.4) is 0 Å². The third-order valence-electron chi connectivity index (χ3n) is 6.32. The Hall–Kier alpha value is -2.97.